The SMILES string of the molecule is N#C/N=C1\c2cc(Br)ccc2CC12CCc1c(ccc(F)c1F)C2. The summed E-state index contributed by atoms with van der Waals surface area (Å²) in [5.74, 6) is -1.53. The van der Waals surface area contributed by atoms with Crippen LogP contribution in [0.2, 0.25) is 0 Å². The van der Waals surface area contributed by atoms with Crippen LogP contribution in [0, 0.1) is 28.5 Å². The van der Waals surface area contributed by atoms with Crippen LogP contribution in [-0.2, 0) is 19.3 Å². The maximum Gasteiger partial charge on any atom is 0.205 e. The molecule has 1 atom stereocenters. The quantitative estimate of drug-likeness (QED) is 0.602. The number of hydrogen-bond acceptors (Lipinski definition) is 2. The first-order valence-electron chi connectivity index (χ1n) is 7.76. The number of halogens is 3. The van der Waals surface area contributed by atoms with Crippen LogP contribution in [0.1, 0.15) is 28.7 Å². The average molecular weight is 387 g/mol. The molecule has 2 aliphatic carbocycles. The van der Waals surface area contributed by atoms with E-state index in [1.54, 1.807) is 6.07 Å². The van der Waals surface area contributed by atoms with Gasteiger partial charge in [0, 0.05) is 15.5 Å². The second-order valence-corrected chi connectivity index (χ2v) is 7.41. The van der Waals surface area contributed by atoms with Gasteiger partial charge in [-0.3, -0.25) is 0 Å². The molecule has 24 heavy (non-hydrogen) atoms. The smallest absolute Gasteiger partial charge is 0.204 e. The Balaban J connectivity index is 1.83. The summed E-state index contributed by atoms with van der Waals surface area (Å²) in [5.41, 5.74) is 3.88. The summed E-state index contributed by atoms with van der Waals surface area (Å²) in [5, 5.41) is 9.15. The van der Waals surface area contributed by atoms with Crippen LogP contribution in [0.3, 0.4) is 0 Å². The highest BCUT2D eigenvalue weighted by Crippen LogP contribution is 2.47. The highest BCUT2D eigenvalue weighted by atomic mass is 79.9. The van der Waals surface area contributed by atoms with E-state index in [2.05, 4.69) is 20.9 Å². The minimum absolute atomic E-state index is 0.309. The first kappa shape index (κ1) is 15.5. The van der Waals surface area contributed by atoms with Crippen molar-refractivity contribution in [2.45, 2.75) is 25.7 Å². The van der Waals surface area contributed by atoms with Crippen molar-refractivity contribution in [1.82, 2.24) is 0 Å². The highest BCUT2D eigenvalue weighted by Gasteiger charge is 2.46. The first-order valence-corrected chi connectivity index (χ1v) is 8.55. The Hall–Kier alpha value is -2.06. The van der Waals surface area contributed by atoms with E-state index in [0.29, 0.717) is 24.8 Å². The Kier molecular flexibility index (Phi) is 3.54. The number of hydrogen-bond donors (Lipinski definition) is 0. The summed E-state index contributed by atoms with van der Waals surface area (Å²) in [7, 11) is 0. The lowest BCUT2D eigenvalue weighted by Crippen LogP contribution is -2.35. The van der Waals surface area contributed by atoms with Crippen molar-refractivity contribution in [3.8, 4) is 6.19 Å². The normalized spacial score (nSPS) is 23.2. The number of benzene rings is 2. The average Bonchev–Trinajstić information content (AvgIpc) is 2.85. The molecular weight excluding hydrogens is 374 g/mol. The van der Waals surface area contributed by atoms with E-state index >= 15 is 0 Å². The molecule has 2 nitrogen and oxygen atoms in total. The molecule has 0 saturated carbocycles. The van der Waals surface area contributed by atoms with Gasteiger partial charge in [-0.05, 0) is 60.6 Å². The van der Waals surface area contributed by atoms with Gasteiger partial charge in [0.25, 0.3) is 0 Å². The Labute approximate surface area is 147 Å². The summed E-state index contributed by atoms with van der Waals surface area (Å²) in [4.78, 5) is 4.13. The predicted molar refractivity (Wildman–Crippen MR) is 90.8 cm³/mol. The van der Waals surface area contributed by atoms with Gasteiger partial charge in [0.2, 0.25) is 6.19 Å². The van der Waals surface area contributed by atoms with E-state index in [4.69, 9.17) is 5.26 Å². The Bertz CT molecular complexity index is 930. The van der Waals surface area contributed by atoms with Gasteiger partial charge < -0.3 is 0 Å². The van der Waals surface area contributed by atoms with Crippen molar-refractivity contribution in [2.24, 2.45) is 10.4 Å². The minimum Gasteiger partial charge on any atom is -0.204 e. The van der Waals surface area contributed by atoms with Gasteiger partial charge in [0.05, 0.1) is 5.71 Å². The third kappa shape index (κ3) is 2.21. The molecule has 0 radical (unpaired) electrons. The van der Waals surface area contributed by atoms with Crippen LogP contribution < -0.4 is 0 Å². The molecule has 0 fully saturated rings. The van der Waals surface area contributed by atoms with Crippen molar-refractivity contribution in [2.75, 3.05) is 0 Å². The lowest BCUT2D eigenvalue weighted by atomic mass is 9.68. The molecule has 0 amide bonds. The highest BCUT2D eigenvalue weighted by molar-refractivity contribution is 9.10. The summed E-state index contributed by atoms with van der Waals surface area (Å²) < 4.78 is 28.5. The van der Waals surface area contributed by atoms with Gasteiger partial charge in [0.15, 0.2) is 11.6 Å². The molecule has 0 bridgehead atoms. The van der Waals surface area contributed by atoms with Crippen LogP contribution in [0.15, 0.2) is 39.8 Å². The third-order valence-electron chi connectivity index (χ3n) is 5.20. The fourth-order valence-electron chi connectivity index (χ4n) is 4.12. The van der Waals surface area contributed by atoms with E-state index < -0.39 is 11.6 Å². The molecule has 0 saturated heterocycles. The fourth-order valence-corrected chi connectivity index (χ4v) is 4.49. The van der Waals surface area contributed by atoms with Gasteiger partial charge in [-0.2, -0.15) is 10.3 Å². The molecule has 0 N–H and O–H groups in total. The largest absolute Gasteiger partial charge is 0.205 e. The number of fused-ring (bicyclic) bond motifs is 2. The third-order valence-corrected chi connectivity index (χ3v) is 5.69. The Morgan fingerprint density at radius 3 is 2.67 bits per heavy atom. The van der Waals surface area contributed by atoms with Crippen molar-refractivity contribution < 1.29 is 8.78 Å². The molecule has 2 aromatic carbocycles. The Morgan fingerprint density at radius 1 is 1.12 bits per heavy atom. The fraction of sp³-hybridized carbons (Fsp3) is 0.263. The molecule has 120 valence electrons. The molecule has 5 heteroatoms. The van der Waals surface area contributed by atoms with E-state index in [9.17, 15) is 8.78 Å². The van der Waals surface area contributed by atoms with Crippen LogP contribution in [0.25, 0.3) is 0 Å². The zero-order valence-corrected chi connectivity index (χ0v) is 14.3. The van der Waals surface area contributed by atoms with Gasteiger partial charge in [0.1, 0.15) is 0 Å². The lowest BCUT2D eigenvalue weighted by molar-refractivity contribution is 0.362. The maximum atomic E-state index is 14.1. The van der Waals surface area contributed by atoms with E-state index in [-0.39, 0.29) is 5.41 Å². The zero-order valence-electron chi connectivity index (χ0n) is 12.7. The number of nitrogens with zero attached hydrogens (tertiary/aromatic N) is 2. The lowest BCUT2D eigenvalue weighted by Gasteiger charge is -2.35. The second-order valence-electron chi connectivity index (χ2n) is 6.49. The molecule has 1 unspecified atom stereocenters. The second kappa shape index (κ2) is 5.49. The molecule has 2 aromatic rings. The molecular formula is C19H13BrF2N2. The van der Waals surface area contributed by atoms with Crippen LogP contribution in [0.4, 0.5) is 8.78 Å². The molecule has 1 spiro atoms. The maximum absolute atomic E-state index is 14.1. The van der Waals surface area contributed by atoms with Crippen molar-refractivity contribution in [3.63, 3.8) is 0 Å². The van der Waals surface area contributed by atoms with Gasteiger partial charge >= 0.3 is 0 Å². The van der Waals surface area contributed by atoms with Crippen molar-refractivity contribution >= 4 is 21.6 Å². The van der Waals surface area contributed by atoms with Gasteiger partial charge in [-0.1, -0.05) is 28.1 Å². The first-order chi connectivity index (χ1) is 11.5. The van der Waals surface area contributed by atoms with Crippen LogP contribution in [0.5, 0.6) is 0 Å². The van der Waals surface area contributed by atoms with Crippen LogP contribution >= 0.6 is 15.9 Å². The number of nitriles is 1. The van der Waals surface area contributed by atoms with E-state index in [1.807, 2.05) is 24.4 Å². The monoisotopic (exact) mass is 386 g/mol. The molecule has 4 rings (SSSR count). The summed E-state index contributed by atoms with van der Waals surface area (Å²) >= 11 is 3.47. The minimum atomic E-state index is -0.797. The standard InChI is InChI=1S/C19H13BrF2N2/c20-13-3-1-12-9-19(18(24-10-23)15(12)7-13)6-5-14-11(8-19)2-4-16(21)17(14)22/h1-4,7H,5-6,8-9H2/b24-18+. The summed E-state index contributed by atoms with van der Waals surface area (Å²) in [6.45, 7) is 0. The van der Waals surface area contributed by atoms with Crippen molar-refractivity contribution in [1.29, 1.82) is 5.26 Å². The van der Waals surface area contributed by atoms with Crippen molar-refractivity contribution in [3.05, 3.63) is 68.7 Å². The van der Waals surface area contributed by atoms with Crippen LogP contribution in [-0.4, -0.2) is 5.71 Å². The molecule has 0 aliphatic heterocycles. The van der Waals surface area contributed by atoms with Gasteiger partial charge in [-0.15, -0.1) is 0 Å². The molecule has 0 aromatic heterocycles. The zero-order chi connectivity index (χ0) is 16.9. The number of rotatable bonds is 0. The molecule has 2 aliphatic rings. The van der Waals surface area contributed by atoms with E-state index in [0.717, 1.165) is 33.3 Å². The predicted octanol–water partition coefficient (Wildman–Crippen LogP) is 4.73. The summed E-state index contributed by atoms with van der Waals surface area (Å²) in [6.07, 6.45) is 4.39. The topological polar surface area (TPSA) is 36.1 Å². The van der Waals surface area contributed by atoms with Gasteiger partial charge in [-0.25, -0.2) is 8.78 Å². The molecule has 0 heterocycles. The Morgan fingerprint density at radius 2 is 1.88 bits per heavy atom. The summed E-state index contributed by atoms with van der Waals surface area (Å²) in [6, 6.07) is 8.86. The van der Waals surface area contributed by atoms with E-state index in [1.165, 1.54) is 6.07 Å². The number of aliphatic imine (C=N–C) groups is 1.